The normalized spacial score (nSPS) is 15.0. The number of hydrogen-bond donors (Lipinski definition) is 1. The number of rotatable bonds is 4. The van der Waals surface area contributed by atoms with Crippen molar-refractivity contribution >= 4 is 5.91 Å². The first kappa shape index (κ1) is 16.7. The number of carbonyl (C=O) groups is 1. The van der Waals surface area contributed by atoms with Crippen LogP contribution in [0.4, 0.5) is 0 Å². The monoisotopic (exact) mass is 322 g/mol. The number of benzene rings is 2. The lowest BCUT2D eigenvalue weighted by Gasteiger charge is -2.41. The van der Waals surface area contributed by atoms with E-state index in [4.69, 9.17) is 0 Å². The highest BCUT2D eigenvalue weighted by Gasteiger charge is 2.30. The van der Waals surface area contributed by atoms with Crippen molar-refractivity contribution in [2.75, 3.05) is 13.1 Å². The second kappa shape index (κ2) is 6.78. The van der Waals surface area contributed by atoms with Crippen LogP contribution in [0.1, 0.15) is 40.9 Å². The molecule has 1 aliphatic heterocycles. The first-order valence-corrected chi connectivity index (χ1v) is 8.63. The van der Waals surface area contributed by atoms with Gasteiger partial charge in [0.1, 0.15) is 0 Å². The van der Waals surface area contributed by atoms with Gasteiger partial charge < -0.3 is 5.32 Å². The van der Waals surface area contributed by atoms with Crippen LogP contribution in [0.3, 0.4) is 0 Å². The van der Waals surface area contributed by atoms with Gasteiger partial charge in [0.05, 0.1) is 0 Å². The number of hydrogen-bond acceptors (Lipinski definition) is 2. The number of aryl methyl sites for hydroxylation is 1. The standard InChI is InChI=1S/C21H26N2O/c1-16-8-4-7-11-19(16)20(24)22-15-21(2,3)23-13-12-17-9-5-6-10-18(17)14-23/h4-11H,12-15H2,1-3H3,(H,22,24). The summed E-state index contributed by atoms with van der Waals surface area (Å²) in [6, 6.07) is 16.4. The summed E-state index contributed by atoms with van der Waals surface area (Å²) in [6.07, 6.45) is 1.07. The highest BCUT2D eigenvalue weighted by atomic mass is 16.1. The number of nitrogens with zero attached hydrogens (tertiary/aromatic N) is 1. The van der Waals surface area contributed by atoms with Crippen LogP contribution >= 0.6 is 0 Å². The first-order valence-electron chi connectivity index (χ1n) is 8.63. The quantitative estimate of drug-likeness (QED) is 0.933. The molecule has 3 rings (SSSR count). The molecule has 0 radical (unpaired) electrons. The van der Waals surface area contributed by atoms with Crippen molar-refractivity contribution < 1.29 is 4.79 Å². The van der Waals surface area contributed by atoms with Crippen LogP contribution in [0, 0.1) is 6.92 Å². The molecule has 0 saturated carbocycles. The molecule has 0 aliphatic carbocycles. The molecule has 0 unspecified atom stereocenters. The SMILES string of the molecule is Cc1ccccc1C(=O)NCC(C)(C)N1CCc2ccccc2C1. The van der Waals surface area contributed by atoms with Gasteiger partial charge >= 0.3 is 0 Å². The van der Waals surface area contributed by atoms with E-state index in [2.05, 4.69) is 48.3 Å². The molecule has 3 heteroatoms. The van der Waals surface area contributed by atoms with Crippen molar-refractivity contribution in [2.45, 2.75) is 39.3 Å². The maximum Gasteiger partial charge on any atom is 0.251 e. The molecule has 0 bridgehead atoms. The minimum atomic E-state index is -0.0775. The molecular formula is C21H26N2O. The lowest BCUT2D eigenvalue weighted by atomic mass is 9.94. The molecule has 0 saturated heterocycles. The second-order valence-corrected chi connectivity index (χ2v) is 7.25. The molecule has 1 aliphatic rings. The topological polar surface area (TPSA) is 32.3 Å². The molecule has 0 atom stereocenters. The Morgan fingerprint density at radius 3 is 2.50 bits per heavy atom. The molecule has 1 amide bonds. The molecule has 1 heterocycles. The zero-order chi connectivity index (χ0) is 17.2. The Hall–Kier alpha value is -2.13. The van der Waals surface area contributed by atoms with Gasteiger partial charge in [-0.25, -0.2) is 0 Å². The van der Waals surface area contributed by atoms with E-state index in [0.717, 1.165) is 30.6 Å². The number of amides is 1. The number of carbonyl (C=O) groups excluding carboxylic acids is 1. The van der Waals surface area contributed by atoms with Crippen LogP contribution in [-0.2, 0) is 13.0 Å². The van der Waals surface area contributed by atoms with E-state index in [9.17, 15) is 4.79 Å². The maximum absolute atomic E-state index is 12.5. The highest BCUT2D eigenvalue weighted by molar-refractivity contribution is 5.95. The summed E-state index contributed by atoms with van der Waals surface area (Å²) >= 11 is 0. The summed E-state index contributed by atoms with van der Waals surface area (Å²) in [5.41, 5.74) is 4.55. The lowest BCUT2D eigenvalue weighted by molar-refractivity contribution is 0.0825. The Kier molecular flexibility index (Phi) is 4.72. The maximum atomic E-state index is 12.5. The van der Waals surface area contributed by atoms with Gasteiger partial charge in [0, 0.05) is 30.7 Å². The Labute approximate surface area is 144 Å². The van der Waals surface area contributed by atoms with Gasteiger partial charge in [-0.05, 0) is 49.9 Å². The molecule has 2 aromatic carbocycles. The fraction of sp³-hybridized carbons (Fsp3) is 0.381. The minimum Gasteiger partial charge on any atom is -0.350 e. The van der Waals surface area contributed by atoms with Crippen molar-refractivity contribution in [1.29, 1.82) is 0 Å². The van der Waals surface area contributed by atoms with E-state index in [0.29, 0.717) is 6.54 Å². The summed E-state index contributed by atoms with van der Waals surface area (Å²) in [7, 11) is 0. The summed E-state index contributed by atoms with van der Waals surface area (Å²) in [6.45, 7) is 9.01. The molecule has 126 valence electrons. The highest BCUT2D eigenvalue weighted by Crippen LogP contribution is 2.25. The number of fused-ring (bicyclic) bond motifs is 1. The lowest BCUT2D eigenvalue weighted by Crippen LogP contribution is -2.53. The molecule has 2 aromatic rings. The van der Waals surface area contributed by atoms with E-state index in [-0.39, 0.29) is 11.4 Å². The molecule has 24 heavy (non-hydrogen) atoms. The largest absolute Gasteiger partial charge is 0.350 e. The van der Waals surface area contributed by atoms with Gasteiger partial charge in [-0.2, -0.15) is 0 Å². The summed E-state index contributed by atoms with van der Waals surface area (Å²) < 4.78 is 0. The van der Waals surface area contributed by atoms with E-state index in [1.54, 1.807) is 0 Å². The van der Waals surface area contributed by atoms with Crippen molar-refractivity contribution in [1.82, 2.24) is 10.2 Å². The van der Waals surface area contributed by atoms with Crippen LogP contribution in [0.2, 0.25) is 0 Å². The van der Waals surface area contributed by atoms with Crippen LogP contribution in [-0.4, -0.2) is 29.4 Å². The Morgan fingerprint density at radius 1 is 1.08 bits per heavy atom. The fourth-order valence-electron chi connectivity index (χ4n) is 3.34. The first-order chi connectivity index (χ1) is 11.5. The van der Waals surface area contributed by atoms with E-state index >= 15 is 0 Å². The second-order valence-electron chi connectivity index (χ2n) is 7.25. The van der Waals surface area contributed by atoms with Crippen LogP contribution < -0.4 is 5.32 Å². The van der Waals surface area contributed by atoms with Crippen LogP contribution in [0.5, 0.6) is 0 Å². The average molecular weight is 322 g/mol. The third-order valence-corrected chi connectivity index (χ3v) is 5.06. The fourth-order valence-corrected chi connectivity index (χ4v) is 3.34. The van der Waals surface area contributed by atoms with Crippen molar-refractivity contribution in [3.63, 3.8) is 0 Å². The van der Waals surface area contributed by atoms with E-state index < -0.39 is 0 Å². The minimum absolute atomic E-state index is 0.0126. The molecule has 0 fully saturated rings. The van der Waals surface area contributed by atoms with Crippen molar-refractivity contribution in [2.24, 2.45) is 0 Å². The van der Waals surface area contributed by atoms with Crippen LogP contribution in [0.15, 0.2) is 48.5 Å². The third kappa shape index (κ3) is 3.51. The molecular weight excluding hydrogens is 296 g/mol. The third-order valence-electron chi connectivity index (χ3n) is 5.06. The predicted molar refractivity (Wildman–Crippen MR) is 98.1 cm³/mol. The van der Waals surface area contributed by atoms with Gasteiger partial charge in [-0.1, -0.05) is 42.5 Å². The Balaban J connectivity index is 1.64. The van der Waals surface area contributed by atoms with E-state index in [1.807, 2.05) is 31.2 Å². The predicted octanol–water partition coefficient (Wildman–Crippen LogP) is 3.56. The van der Waals surface area contributed by atoms with Gasteiger partial charge in [-0.15, -0.1) is 0 Å². The molecule has 0 aromatic heterocycles. The van der Waals surface area contributed by atoms with Crippen molar-refractivity contribution in [3.05, 3.63) is 70.8 Å². The van der Waals surface area contributed by atoms with Crippen LogP contribution in [0.25, 0.3) is 0 Å². The van der Waals surface area contributed by atoms with Crippen molar-refractivity contribution in [3.8, 4) is 0 Å². The summed E-state index contributed by atoms with van der Waals surface area (Å²) in [4.78, 5) is 14.9. The Bertz CT molecular complexity index is 736. The van der Waals surface area contributed by atoms with Gasteiger partial charge in [0.25, 0.3) is 5.91 Å². The van der Waals surface area contributed by atoms with Gasteiger partial charge in [0.2, 0.25) is 0 Å². The molecule has 1 N–H and O–H groups in total. The number of nitrogens with one attached hydrogen (secondary N) is 1. The summed E-state index contributed by atoms with van der Waals surface area (Å²) in [5, 5.41) is 3.12. The zero-order valence-electron chi connectivity index (χ0n) is 14.8. The summed E-state index contributed by atoms with van der Waals surface area (Å²) in [5.74, 6) is 0.0126. The molecule has 3 nitrogen and oxygen atoms in total. The van der Waals surface area contributed by atoms with Gasteiger partial charge in [0.15, 0.2) is 0 Å². The van der Waals surface area contributed by atoms with Gasteiger partial charge in [-0.3, -0.25) is 9.69 Å². The Morgan fingerprint density at radius 2 is 1.75 bits per heavy atom. The average Bonchev–Trinajstić information content (AvgIpc) is 2.60. The smallest absolute Gasteiger partial charge is 0.251 e. The van der Waals surface area contributed by atoms with E-state index in [1.165, 1.54) is 11.1 Å². The molecule has 0 spiro atoms. The zero-order valence-corrected chi connectivity index (χ0v) is 14.8.